The highest BCUT2D eigenvalue weighted by molar-refractivity contribution is 7.89. The van der Waals surface area contributed by atoms with Crippen molar-refractivity contribution >= 4 is 38.7 Å². The van der Waals surface area contributed by atoms with E-state index in [9.17, 15) is 8.42 Å². The van der Waals surface area contributed by atoms with Crippen molar-refractivity contribution in [3.8, 4) is 0 Å². The summed E-state index contributed by atoms with van der Waals surface area (Å²) in [6, 6.07) is 5.15. The highest BCUT2D eigenvalue weighted by Crippen LogP contribution is 2.30. The molecule has 0 radical (unpaired) electrons. The van der Waals surface area contributed by atoms with Gasteiger partial charge in [0.15, 0.2) is 5.11 Å². The van der Waals surface area contributed by atoms with Crippen molar-refractivity contribution in [1.82, 2.24) is 9.62 Å². The number of hydrogen-bond donors (Lipinski definition) is 2. The second kappa shape index (κ2) is 10.9. The molecule has 2 N–H and O–H groups in total. The van der Waals surface area contributed by atoms with Gasteiger partial charge in [-0.25, -0.2) is 8.42 Å². The maximum atomic E-state index is 12.9. The van der Waals surface area contributed by atoms with Crippen molar-refractivity contribution in [1.29, 1.82) is 0 Å². The van der Waals surface area contributed by atoms with E-state index in [1.165, 1.54) is 4.31 Å². The zero-order valence-corrected chi connectivity index (χ0v) is 18.4. The largest absolute Gasteiger partial charge is 0.383 e. The van der Waals surface area contributed by atoms with Crippen LogP contribution in [0.5, 0.6) is 0 Å². The van der Waals surface area contributed by atoms with E-state index >= 15 is 0 Å². The van der Waals surface area contributed by atoms with Gasteiger partial charge in [-0.15, -0.1) is 0 Å². The van der Waals surface area contributed by atoms with E-state index < -0.39 is 10.0 Å². The van der Waals surface area contributed by atoms with E-state index in [1.54, 1.807) is 19.2 Å². The summed E-state index contributed by atoms with van der Waals surface area (Å²) < 4.78 is 37.7. The lowest BCUT2D eigenvalue weighted by atomic mass is 10.2. The first-order chi connectivity index (χ1) is 13.4. The maximum absolute atomic E-state index is 12.9. The highest BCUT2D eigenvalue weighted by Gasteiger charge is 2.24. The first-order valence-electron chi connectivity index (χ1n) is 9.44. The number of ether oxygens (including phenoxy) is 2. The zero-order chi connectivity index (χ0) is 20.6. The van der Waals surface area contributed by atoms with Crippen molar-refractivity contribution in [3.05, 3.63) is 18.2 Å². The molecule has 1 fully saturated rings. The van der Waals surface area contributed by atoms with E-state index in [0.717, 1.165) is 18.8 Å². The lowest BCUT2D eigenvalue weighted by molar-refractivity contribution is 0.123. The Morgan fingerprint density at radius 3 is 2.57 bits per heavy atom. The van der Waals surface area contributed by atoms with Crippen molar-refractivity contribution in [3.63, 3.8) is 0 Å². The van der Waals surface area contributed by atoms with Crippen LogP contribution >= 0.6 is 12.2 Å². The molecule has 1 aliphatic heterocycles. The first-order valence-corrected chi connectivity index (χ1v) is 11.3. The van der Waals surface area contributed by atoms with E-state index in [0.29, 0.717) is 50.3 Å². The third-order valence-electron chi connectivity index (χ3n) is 4.50. The Morgan fingerprint density at radius 1 is 1.29 bits per heavy atom. The van der Waals surface area contributed by atoms with Gasteiger partial charge in [0.2, 0.25) is 10.0 Å². The fourth-order valence-corrected chi connectivity index (χ4v) is 4.70. The minimum Gasteiger partial charge on any atom is -0.383 e. The van der Waals surface area contributed by atoms with Crippen LogP contribution in [0, 0.1) is 0 Å². The molecule has 0 atom stereocenters. The lowest BCUT2D eigenvalue weighted by Gasteiger charge is -2.31. The second-order valence-electron chi connectivity index (χ2n) is 6.24. The van der Waals surface area contributed by atoms with Gasteiger partial charge in [-0.3, -0.25) is 0 Å². The van der Waals surface area contributed by atoms with Crippen LogP contribution in [0.3, 0.4) is 0 Å². The average molecular weight is 431 g/mol. The van der Waals surface area contributed by atoms with Crippen LogP contribution in [-0.4, -0.2) is 77.5 Å². The van der Waals surface area contributed by atoms with Crippen LogP contribution in [0.25, 0.3) is 0 Å². The van der Waals surface area contributed by atoms with E-state index in [2.05, 4.69) is 15.5 Å². The number of benzene rings is 1. The standard InChI is InChI=1S/C18H30N4O4S2/c1-4-22(5-2)28(23,24)15-6-7-17(21-9-12-26-13-10-21)16(14-15)20-18(27)19-8-11-25-3/h6-7,14H,4-5,8-13H2,1-3H3,(H2,19,20,27). The summed E-state index contributed by atoms with van der Waals surface area (Å²) in [4.78, 5) is 2.41. The number of hydrogen-bond acceptors (Lipinski definition) is 6. The molecule has 1 aliphatic rings. The number of morpholine rings is 1. The van der Waals surface area contributed by atoms with Crippen LogP contribution < -0.4 is 15.5 Å². The molecule has 158 valence electrons. The van der Waals surface area contributed by atoms with Crippen LogP contribution in [-0.2, 0) is 19.5 Å². The van der Waals surface area contributed by atoms with Crippen LogP contribution in [0.1, 0.15) is 13.8 Å². The molecule has 0 bridgehead atoms. The van der Waals surface area contributed by atoms with Crippen molar-refractivity contribution in [2.45, 2.75) is 18.7 Å². The fraction of sp³-hybridized carbons (Fsp3) is 0.611. The van der Waals surface area contributed by atoms with E-state index in [-0.39, 0.29) is 4.90 Å². The molecule has 0 unspecified atom stereocenters. The fourth-order valence-electron chi connectivity index (χ4n) is 3.00. The molecule has 1 saturated heterocycles. The van der Waals surface area contributed by atoms with Crippen molar-refractivity contribution in [2.24, 2.45) is 0 Å². The summed E-state index contributed by atoms with van der Waals surface area (Å²) in [5.41, 5.74) is 1.56. The van der Waals surface area contributed by atoms with E-state index in [4.69, 9.17) is 21.7 Å². The van der Waals surface area contributed by atoms with Gasteiger partial charge in [0, 0.05) is 39.8 Å². The predicted octanol–water partition coefficient (Wildman–Crippen LogP) is 1.49. The molecule has 0 spiro atoms. The Morgan fingerprint density at radius 2 is 1.96 bits per heavy atom. The van der Waals surface area contributed by atoms with Gasteiger partial charge in [0.25, 0.3) is 0 Å². The molecule has 1 aromatic carbocycles. The molecule has 0 aliphatic carbocycles. The lowest BCUT2D eigenvalue weighted by Crippen LogP contribution is -2.38. The molecular formula is C18H30N4O4S2. The SMILES string of the molecule is CCN(CC)S(=O)(=O)c1ccc(N2CCOCC2)c(NC(=S)NCCOC)c1. The molecule has 1 aromatic rings. The summed E-state index contributed by atoms with van der Waals surface area (Å²) in [7, 11) is -1.94. The van der Waals surface area contributed by atoms with Crippen molar-refractivity contribution in [2.75, 3.05) is 69.9 Å². The number of thiocarbonyl (C=S) groups is 1. The molecule has 28 heavy (non-hydrogen) atoms. The highest BCUT2D eigenvalue weighted by atomic mass is 32.2. The maximum Gasteiger partial charge on any atom is 0.243 e. The topological polar surface area (TPSA) is 83.1 Å². The predicted molar refractivity (Wildman–Crippen MR) is 116 cm³/mol. The smallest absolute Gasteiger partial charge is 0.243 e. The van der Waals surface area contributed by atoms with Gasteiger partial charge in [-0.05, 0) is 30.4 Å². The Hall–Kier alpha value is -1.46. The van der Waals surface area contributed by atoms with Gasteiger partial charge in [-0.2, -0.15) is 4.31 Å². The summed E-state index contributed by atoms with van der Waals surface area (Å²) in [5.74, 6) is 0. The van der Waals surface area contributed by atoms with E-state index in [1.807, 2.05) is 19.9 Å². The molecule has 10 heteroatoms. The van der Waals surface area contributed by atoms with Gasteiger partial charge < -0.3 is 25.0 Å². The summed E-state index contributed by atoms with van der Waals surface area (Å²) in [5, 5.41) is 6.63. The number of sulfonamides is 1. The molecule has 0 aromatic heterocycles. The van der Waals surface area contributed by atoms with Crippen molar-refractivity contribution < 1.29 is 17.9 Å². The van der Waals surface area contributed by atoms with Crippen LogP contribution in [0.2, 0.25) is 0 Å². The monoisotopic (exact) mass is 430 g/mol. The van der Waals surface area contributed by atoms with Crippen LogP contribution in [0.15, 0.2) is 23.1 Å². The molecule has 0 amide bonds. The quantitative estimate of drug-likeness (QED) is 0.450. The minimum atomic E-state index is -3.56. The second-order valence-corrected chi connectivity index (χ2v) is 8.59. The van der Waals surface area contributed by atoms with Gasteiger partial charge in [0.05, 0.1) is 36.1 Å². The number of anilines is 2. The summed E-state index contributed by atoms with van der Waals surface area (Å²) >= 11 is 5.36. The molecule has 1 heterocycles. The molecule has 0 saturated carbocycles. The average Bonchev–Trinajstić information content (AvgIpc) is 2.69. The van der Waals surface area contributed by atoms with Gasteiger partial charge in [-0.1, -0.05) is 13.8 Å². The Balaban J connectivity index is 2.34. The molecular weight excluding hydrogens is 400 g/mol. The first kappa shape index (κ1) is 22.8. The third kappa shape index (κ3) is 5.77. The number of rotatable bonds is 9. The number of nitrogens with one attached hydrogen (secondary N) is 2. The molecule has 8 nitrogen and oxygen atoms in total. The molecule has 2 rings (SSSR count). The number of methoxy groups -OCH3 is 1. The Bertz CT molecular complexity index is 748. The number of nitrogens with zero attached hydrogens (tertiary/aromatic N) is 2. The third-order valence-corrected chi connectivity index (χ3v) is 6.80. The Labute approximate surface area is 173 Å². The summed E-state index contributed by atoms with van der Waals surface area (Å²) in [6.07, 6.45) is 0. The zero-order valence-electron chi connectivity index (χ0n) is 16.7. The van der Waals surface area contributed by atoms with Gasteiger partial charge in [0.1, 0.15) is 0 Å². The minimum absolute atomic E-state index is 0.246. The summed E-state index contributed by atoms with van der Waals surface area (Å²) in [6.45, 7) is 8.33. The van der Waals surface area contributed by atoms with Crippen LogP contribution in [0.4, 0.5) is 11.4 Å². The Kier molecular flexibility index (Phi) is 8.90. The normalized spacial score (nSPS) is 14.9. The van der Waals surface area contributed by atoms with Gasteiger partial charge >= 0.3 is 0 Å².